The minimum absolute atomic E-state index is 0.100. The first-order valence-corrected chi connectivity index (χ1v) is 6.59. The zero-order chi connectivity index (χ0) is 15.9. The van der Waals surface area contributed by atoms with Crippen molar-refractivity contribution in [2.24, 2.45) is 0 Å². The first kappa shape index (κ1) is 15.5. The Kier molecular flexibility index (Phi) is 5.08. The van der Waals surface area contributed by atoms with Gasteiger partial charge < -0.3 is 15.4 Å². The fourth-order valence-corrected chi connectivity index (χ4v) is 1.76. The number of anilines is 2. The monoisotopic (exact) mass is 302 g/mol. The Morgan fingerprint density at radius 3 is 2.59 bits per heavy atom. The molecule has 0 aliphatic carbocycles. The zero-order valence-electron chi connectivity index (χ0n) is 11.9. The molecule has 2 aromatic rings. The zero-order valence-corrected chi connectivity index (χ0v) is 11.9. The number of para-hydroxylation sites is 1. The number of amides is 2. The third-order valence-corrected chi connectivity index (χ3v) is 2.67. The fourth-order valence-electron chi connectivity index (χ4n) is 1.76. The lowest BCUT2D eigenvalue weighted by Crippen LogP contribution is -2.20. The summed E-state index contributed by atoms with van der Waals surface area (Å²) in [5.74, 6) is -0.761. The molecular weight excluding hydrogens is 287 g/mol. The van der Waals surface area contributed by atoms with Crippen molar-refractivity contribution in [2.75, 3.05) is 17.2 Å². The third kappa shape index (κ3) is 4.59. The molecule has 0 radical (unpaired) electrons. The number of nitrogens with one attached hydrogen (secondary N) is 2. The summed E-state index contributed by atoms with van der Waals surface area (Å²) in [6.45, 7) is 1.13. The van der Waals surface area contributed by atoms with Crippen LogP contribution in [0.15, 0.2) is 48.5 Å². The topological polar surface area (TPSA) is 67.4 Å². The van der Waals surface area contributed by atoms with Crippen LogP contribution in [-0.2, 0) is 9.59 Å². The molecule has 2 N–H and O–H groups in total. The van der Waals surface area contributed by atoms with Crippen LogP contribution in [0.25, 0.3) is 0 Å². The van der Waals surface area contributed by atoms with Gasteiger partial charge in [-0.3, -0.25) is 9.59 Å². The fraction of sp³-hybridized carbons (Fsp3) is 0.125. The van der Waals surface area contributed by atoms with Gasteiger partial charge in [0.2, 0.25) is 5.91 Å². The van der Waals surface area contributed by atoms with E-state index in [9.17, 15) is 14.0 Å². The van der Waals surface area contributed by atoms with Gasteiger partial charge in [0.1, 0.15) is 11.6 Å². The molecule has 5 nitrogen and oxygen atoms in total. The first-order valence-electron chi connectivity index (χ1n) is 6.59. The number of benzene rings is 2. The minimum Gasteiger partial charge on any atom is -0.484 e. The number of hydrogen-bond donors (Lipinski definition) is 2. The number of ether oxygens (including phenoxy) is 1. The molecule has 0 aliphatic rings. The van der Waals surface area contributed by atoms with E-state index in [0.29, 0.717) is 11.4 Å². The molecule has 2 rings (SSSR count). The van der Waals surface area contributed by atoms with E-state index in [2.05, 4.69) is 10.6 Å². The SMILES string of the molecule is CC(=O)Nc1cccc(OCC(=O)Nc2ccccc2F)c1. The molecule has 22 heavy (non-hydrogen) atoms. The molecule has 2 aromatic carbocycles. The van der Waals surface area contributed by atoms with E-state index < -0.39 is 11.7 Å². The molecular formula is C16H15FN2O3. The number of carbonyl (C=O) groups is 2. The third-order valence-electron chi connectivity index (χ3n) is 2.67. The van der Waals surface area contributed by atoms with Crippen LogP contribution < -0.4 is 15.4 Å². The number of rotatable bonds is 5. The Morgan fingerprint density at radius 1 is 1.09 bits per heavy atom. The van der Waals surface area contributed by atoms with E-state index in [1.165, 1.54) is 25.1 Å². The Morgan fingerprint density at radius 2 is 1.86 bits per heavy atom. The van der Waals surface area contributed by atoms with Crippen molar-refractivity contribution < 1.29 is 18.7 Å². The summed E-state index contributed by atoms with van der Waals surface area (Å²) in [5, 5.41) is 5.03. The maximum absolute atomic E-state index is 13.4. The molecule has 0 atom stereocenters. The van der Waals surface area contributed by atoms with E-state index >= 15 is 0 Å². The number of hydrogen-bond acceptors (Lipinski definition) is 3. The second-order valence-electron chi connectivity index (χ2n) is 4.53. The van der Waals surface area contributed by atoms with Gasteiger partial charge in [0.05, 0.1) is 5.69 Å². The summed E-state index contributed by atoms with van der Waals surface area (Å²) in [6.07, 6.45) is 0. The van der Waals surface area contributed by atoms with Crippen LogP contribution >= 0.6 is 0 Å². The second-order valence-corrected chi connectivity index (χ2v) is 4.53. The van der Waals surface area contributed by atoms with E-state index in [1.54, 1.807) is 30.3 Å². The van der Waals surface area contributed by atoms with Crippen LogP contribution in [-0.4, -0.2) is 18.4 Å². The van der Waals surface area contributed by atoms with Crippen LogP contribution in [0.2, 0.25) is 0 Å². The minimum atomic E-state index is -0.511. The van der Waals surface area contributed by atoms with E-state index in [4.69, 9.17) is 4.74 Å². The molecule has 0 fully saturated rings. The Labute approximate surface area is 127 Å². The highest BCUT2D eigenvalue weighted by Crippen LogP contribution is 2.17. The molecule has 0 spiro atoms. The van der Waals surface area contributed by atoms with Crippen LogP contribution in [0, 0.1) is 5.82 Å². The maximum atomic E-state index is 13.4. The van der Waals surface area contributed by atoms with Gasteiger partial charge in [-0.25, -0.2) is 4.39 Å². The molecule has 0 unspecified atom stereocenters. The molecule has 0 heterocycles. The maximum Gasteiger partial charge on any atom is 0.262 e. The van der Waals surface area contributed by atoms with Crippen LogP contribution in [0.5, 0.6) is 5.75 Å². The highest BCUT2D eigenvalue weighted by atomic mass is 19.1. The summed E-state index contributed by atoms with van der Waals surface area (Å²) >= 11 is 0. The molecule has 0 aromatic heterocycles. The lowest BCUT2D eigenvalue weighted by Gasteiger charge is -2.09. The van der Waals surface area contributed by atoms with Gasteiger partial charge in [0, 0.05) is 18.7 Å². The van der Waals surface area contributed by atoms with Crippen molar-refractivity contribution in [1.82, 2.24) is 0 Å². The van der Waals surface area contributed by atoms with Crippen molar-refractivity contribution in [3.8, 4) is 5.75 Å². The average molecular weight is 302 g/mol. The molecule has 0 bridgehead atoms. The average Bonchev–Trinajstić information content (AvgIpc) is 2.47. The van der Waals surface area contributed by atoms with Gasteiger partial charge in [-0.05, 0) is 24.3 Å². The summed E-state index contributed by atoms with van der Waals surface area (Å²) in [7, 11) is 0. The summed E-state index contributed by atoms with van der Waals surface area (Å²) in [6, 6.07) is 12.5. The van der Waals surface area contributed by atoms with E-state index in [1.807, 2.05) is 0 Å². The number of halogens is 1. The number of carbonyl (C=O) groups excluding carboxylic acids is 2. The van der Waals surface area contributed by atoms with Gasteiger partial charge in [-0.15, -0.1) is 0 Å². The smallest absolute Gasteiger partial charge is 0.262 e. The molecule has 6 heteroatoms. The molecule has 114 valence electrons. The standard InChI is InChI=1S/C16H15FN2O3/c1-11(20)18-12-5-4-6-13(9-12)22-10-16(21)19-15-8-3-2-7-14(15)17/h2-9H,10H2,1H3,(H,18,20)(H,19,21). The van der Waals surface area contributed by atoms with Crippen molar-refractivity contribution in [3.05, 3.63) is 54.3 Å². The van der Waals surface area contributed by atoms with Gasteiger partial charge in [0.15, 0.2) is 6.61 Å². The molecule has 0 saturated heterocycles. The summed E-state index contributed by atoms with van der Waals surface area (Å²) < 4.78 is 18.7. The van der Waals surface area contributed by atoms with Gasteiger partial charge in [0.25, 0.3) is 5.91 Å². The highest BCUT2D eigenvalue weighted by Gasteiger charge is 2.07. The normalized spacial score (nSPS) is 9.91. The van der Waals surface area contributed by atoms with Crippen molar-refractivity contribution in [1.29, 1.82) is 0 Å². The lowest BCUT2D eigenvalue weighted by atomic mass is 10.3. The van der Waals surface area contributed by atoms with Crippen molar-refractivity contribution in [2.45, 2.75) is 6.92 Å². The van der Waals surface area contributed by atoms with Gasteiger partial charge in [-0.2, -0.15) is 0 Å². The van der Waals surface area contributed by atoms with Crippen LogP contribution in [0.4, 0.5) is 15.8 Å². The summed E-state index contributed by atoms with van der Waals surface area (Å²) in [5.41, 5.74) is 0.669. The predicted molar refractivity (Wildman–Crippen MR) is 81.3 cm³/mol. The predicted octanol–water partition coefficient (Wildman–Crippen LogP) is 2.80. The first-order chi connectivity index (χ1) is 10.5. The Hall–Kier alpha value is -2.89. The lowest BCUT2D eigenvalue weighted by molar-refractivity contribution is -0.118. The molecule has 2 amide bonds. The van der Waals surface area contributed by atoms with E-state index in [-0.39, 0.29) is 18.2 Å². The van der Waals surface area contributed by atoms with Crippen molar-refractivity contribution in [3.63, 3.8) is 0 Å². The van der Waals surface area contributed by atoms with Gasteiger partial charge >= 0.3 is 0 Å². The molecule has 0 saturated carbocycles. The summed E-state index contributed by atoms with van der Waals surface area (Å²) in [4.78, 5) is 22.7. The highest BCUT2D eigenvalue weighted by molar-refractivity contribution is 5.92. The Bertz CT molecular complexity index is 689. The van der Waals surface area contributed by atoms with E-state index in [0.717, 1.165) is 0 Å². The molecule has 0 aliphatic heterocycles. The van der Waals surface area contributed by atoms with Crippen molar-refractivity contribution >= 4 is 23.2 Å². The Balaban J connectivity index is 1.91. The van der Waals surface area contributed by atoms with Crippen LogP contribution in [0.3, 0.4) is 0 Å². The second kappa shape index (κ2) is 7.21. The van der Waals surface area contributed by atoms with Gasteiger partial charge in [-0.1, -0.05) is 18.2 Å². The van der Waals surface area contributed by atoms with Crippen LogP contribution in [0.1, 0.15) is 6.92 Å². The largest absolute Gasteiger partial charge is 0.484 e. The quantitative estimate of drug-likeness (QED) is 0.892.